The van der Waals surface area contributed by atoms with Crippen molar-refractivity contribution in [3.8, 4) is 0 Å². The summed E-state index contributed by atoms with van der Waals surface area (Å²) in [6, 6.07) is 5.97. The third-order valence-corrected chi connectivity index (χ3v) is 1.70. The smallest absolute Gasteiger partial charge is 0.144 e. The van der Waals surface area contributed by atoms with E-state index in [1.165, 1.54) is 0 Å². The minimum atomic E-state index is 1.01. The van der Waals surface area contributed by atoms with Crippen LogP contribution < -0.4 is 16.2 Å². The van der Waals surface area contributed by atoms with E-state index in [1.807, 2.05) is 30.4 Å². The van der Waals surface area contributed by atoms with Crippen molar-refractivity contribution < 1.29 is 5.73 Å². The predicted octanol–water partition coefficient (Wildman–Crippen LogP) is -0.555. The van der Waals surface area contributed by atoms with Gasteiger partial charge in [-0.3, -0.25) is 0 Å². The van der Waals surface area contributed by atoms with Crippen LogP contribution in [0, 0.1) is 0 Å². The molecule has 0 atom stereocenters. The van der Waals surface area contributed by atoms with Crippen LogP contribution in [0.25, 0.3) is 11.5 Å². The Morgan fingerprint density at radius 1 is 1.09 bits per heavy atom. The van der Waals surface area contributed by atoms with Crippen LogP contribution in [-0.4, -0.2) is 0 Å². The maximum absolute atomic E-state index is 3.90. The summed E-state index contributed by atoms with van der Waals surface area (Å²) in [4.78, 5) is 0. The van der Waals surface area contributed by atoms with Crippen molar-refractivity contribution in [2.75, 3.05) is 0 Å². The first-order valence-corrected chi connectivity index (χ1v) is 3.51. The Kier molecular flexibility index (Phi) is 1.28. The molecular formula is C10H8N+. The van der Waals surface area contributed by atoms with E-state index in [-0.39, 0.29) is 0 Å². The zero-order chi connectivity index (χ0) is 7.68. The van der Waals surface area contributed by atoms with Gasteiger partial charge in [-0.1, -0.05) is 6.07 Å². The molecule has 0 heterocycles. The maximum atomic E-state index is 3.90. The lowest BCUT2D eigenvalue weighted by atomic mass is 10.2. The lowest BCUT2D eigenvalue weighted by Crippen LogP contribution is -2.48. The van der Waals surface area contributed by atoms with Gasteiger partial charge in [-0.2, -0.15) is 0 Å². The molecule has 1 aromatic carbocycles. The second-order valence-corrected chi connectivity index (χ2v) is 2.46. The molecule has 2 rings (SSSR count). The number of hydrogen-bond donors (Lipinski definition) is 1. The third-order valence-electron chi connectivity index (χ3n) is 1.70. The summed E-state index contributed by atoms with van der Waals surface area (Å²) in [5, 5.41) is 2.15. The average Bonchev–Trinajstić information content (AvgIpc) is 2.06. The molecule has 0 amide bonds. The molecule has 52 valence electrons. The van der Waals surface area contributed by atoms with E-state index in [0.717, 1.165) is 16.1 Å². The summed E-state index contributed by atoms with van der Waals surface area (Å²) < 4.78 is 0. The minimum Gasteiger partial charge on any atom is -0.324 e. The van der Waals surface area contributed by atoms with Gasteiger partial charge in [0.25, 0.3) is 0 Å². The fraction of sp³-hybridized carbons (Fsp3) is 0. The van der Waals surface area contributed by atoms with Crippen molar-refractivity contribution in [2.45, 2.75) is 0 Å². The Bertz CT molecular complexity index is 470. The molecule has 0 aliphatic heterocycles. The summed E-state index contributed by atoms with van der Waals surface area (Å²) in [5.74, 6) is 0. The fourth-order valence-electron chi connectivity index (χ4n) is 1.15. The van der Waals surface area contributed by atoms with Gasteiger partial charge < -0.3 is 5.73 Å². The van der Waals surface area contributed by atoms with Gasteiger partial charge >= 0.3 is 0 Å². The average molecular weight is 142 g/mol. The first-order valence-electron chi connectivity index (χ1n) is 3.51. The second kappa shape index (κ2) is 2.26. The zero-order valence-corrected chi connectivity index (χ0v) is 6.09. The van der Waals surface area contributed by atoms with Gasteiger partial charge in [0, 0.05) is 11.3 Å². The molecule has 3 N–H and O–H groups in total. The van der Waals surface area contributed by atoms with E-state index >= 15 is 0 Å². The molecule has 0 radical (unpaired) electrons. The highest BCUT2D eigenvalue weighted by Crippen LogP contribution is 1.84. The van der Waals surface area contributed by atoms with Crippen LogP contribution in [0.1, 0.15) is 0 Å². The van der Waals surface area contributed by atoms with Gasteiger partial charge in [0.1, 0.15) is 5.69 Å². The van der Waals surface area contributed by atoms with Gasteiger partial charge in [-0.25, -0.2) is 0 Å². The van der Waals surface area contributed by atoms with E-state index in [1.54, 1.807) is 0 Å². The minimum absolute atomic E-state index is 1.01. The Hall–Kier alpha value is -1.52. The Balaban J connectivity index is 3.15. The molecule has 1 aliphatic carbocycles. The molecule has 1 aliphatic rings. The summed E-state index contributed by atoms with van der Waals surface area (Å²) in [7, 11) is 0. The van der Waals surface area contributed by atoms with Crippen molar-refractivity contribution in [3.05, 3.63) is 40.8 Å². The number of benzene rings is 1. The molecule has 1 nitrogen and oxygen atoms in total. The quantitative estimate of drug-likeness (QED) is 0.503. The summed E-state index contributed by atoms with van der Waals surface area (Å²) >= 11 is 0. The number of fused-ring (bicyclic) bond motifs is 1. The molecule has 0 unspecified atom stereocenters. The van der Waals surface area contributed by atoms with Crippen LogP contribution in [0.5, 0.6) is 0 Å². The van der Waals surface area contributed by atoms with Gasteiger partial charge in [0.15, 0.2) is 0 Å². The summed E-state index contributed by atoms with van der Waals surface area (Å²) in [5.41, 5.74) is 11.2. The number of hydrogen-bond acceptors (Lipinski definition) is 0. The molecule has 1 heteroatoms. The van der Waals surface area contributed by atoms with Crippen LogP contribution in [-0.2, 0) is 0 Å². The molecule has 0 fully saturated rings. The van der Waals surface area contributed by atoms with Crippen molar-refractivity contribution in [1.82, 2.24) is 0 Å². The third kappa shape index (κ3) is 0.938. The Morgan fingerprint density at radius 2 is 1.91 bits per heavy atom. The first kappa shape index (κ1) is 6.21. The van der Waals surface area contributed by atoms with Crippen molar-refractivity contribution in [1.29, 1.82) is 0 Å². The van der Waals surface area contributed by atoms with E-state index in [4.69, 9.17) is 0 Å². The molecule has 1 aromatic rings. The highest BCUT2D eigenvalue weighted by Gasteiger charge is 1.92. The molecule has 11 heavy (non-hydrogen) atoms. The van der Waals surface area contributed by atoms with Crippen LogP contribution >= 0.6 is 0 Å². The van der Waals surface area contributed by atoms with E-state index in [9.17, 15) is 0 Å². The van der Waals surface area contributed by atoms with Crippen molar-refractivity contribution in [2.24, 2.45) is 0 Å². The highest BCUT2D eigenvalue weighted by atomic mass is 14.5. The largest absolute Gasteiger partial charge is 0.324 e. The summed E-state index contributed by atoms with van der Waals surface area (Å²) in [6.45, 7) is 0. The Morgan fingerprint density at radius 3 is 2.73 bits per heavy atom. The Labute approximate surface area is 64.5 Å². The SMILES string of the molecule is [NH3+]c1cccc2c1=C=CC=C=2. The van der Waals surface area contributed by atoms with Gasteiger partial charge in [-0.15, -0.1) is 11.5 Å². The van der Waals surface area contributed by atoms with Crippen LogP contribution in [0.4, 0.5) is 5.69 Å². The predicted molar refractivity (Wildman–Crippen MR) is 44.2 cm³/mol. The van der Waals surface area contributed by atoms with Crippen molar-refractivity contribution in [3.63, 3.8) is 0 Å². The normalized spacial score (nSPS) is 11.7. The molecular weight excluding hydrogens is 134 g/mol. The molecule has 0 saturated carbocycles. The standard InChI is InChI=1S/C10H7N/c11-10-7-3-5-8-4-1-2-6-9(8)10/h1-3,5,7H,11H2/p+1. The number of allylic oxidation sites excluding steroid dienone is 2. The highest BCUT2D eigenvalue weighted by molar-refractivity contribution is 5.46. The lowest BCUT2D eigenvalue weighted by molar-refractivity contribution is -0.256. The van der Waals surface area contributed by atoms with Crippen LogP contribution in [0.15, 0.2) is 30.4 Å². The monoisotopic (exact) mass is 142 g/mol. The molecule has 0 aromatic heterocycles. The molecule has 0 saturated heterocycles. The van der Waals surface area contributed by atoms with Gasteiger partial charge in [0.2, 0.25) is 0 Å². The summed E-state index contributed by atoms with van der Waals surface area (Å²) in [6.07, 6.45) is 3.72. The van der Waals surface area contributed by atoms with E-state index in [2.05, 4.69) is 17.2 Å². The first-order chi connectivity index (χ1) is 5.38. The van der Waals surface area contributed by atoms with E-state index < -0.39 is 0 Å². The number of quaternary nitrogens is 1. The second-order valence-electron chi connectivity index (χ2n) is 2.46. The molecule has 0 bridgehead atoms. The fourth-order valence-corrected chi connectivity index (χ4v) is 1.15. The van der Waals surface area contributed by atoms with Crippen LogP contribution in [0.3, 0.4) is 0 Å². The van der Waals surface area contributed by atoms with E-state index in [0.29, 0.717) is 0 Å². The van der Waals surface area contributed by atoms with Crippen LogP contribution in [0.2, 0.25) is 0 Å². The number of rotatable bonds is 0. The zero-order valence-electron chi connectivity index (χ0n) is 6.09. The van der Waals surface area contributed by atoms with Gasteiger partial charge in [-0.05, 0) is 18.2 Å². The topological polar surface area (TPSA) is 27.6 Å². The maximum Gasteiger partial charge on any atom is 0.144 e. The van der Waals surface area contributed by atoms with Crippen molar-refractivity contribution >= 4 is 17.1 Å². The molecule has 0 spiro atoms. The lowest BCUT2D eigenvalue weighted by Gasteiger charge is -1.88. The van der Waals surface area contributed by atoms with Gasteiger partial charge in [0.05, 0.1) is 5.22 Å².